The van der Waals surface area contributed by atoms with Gasteiger partial charge in [-0.3, -0.25) is 9.56 Å². The first-order valence-corrected chi connectivity index (χ1v) is 7.46. The molecule has 22 heavy (non-hydrogen) atoms. The molecule has 0 saturated heterocycles. The minimum Gasteiger partial charge on any atom is -0.275 e. The summed E-state index contributed by atoms with van der Waals surface area (Å²) in [7, 11) is 0. The zero-order chi connectivity index (χ0) is 14.9. The molecule has 1 aromatic carbocycles. The van der Waals surface area contributed by atoms with Gasteiger partial charge in [0.15, 0.2) is 5.82 Å². The molecule has 0 spiro atoms. The third-order valence-electron chi connectivity index (χ3n) is 3.78. The summed E-state index contributed by atoms with van der Waals surface area (Å²) < 4.78 is 2.09. The third-order valence-corrected chi connectivity index (χ3v) is 3.78. The summed E-state index contributed by atoms with van der Waals surface area (Å²) in [6, 6.07) is 12.2. The van der Waals surface area contributed by atoms with E-state index in [1.165, 1.54) is 5.56 Å². The minimum absolute atomic E-state index is 0.857. The summed E-state index contributed by atoms with van der Waals surface area (Å²) in [5, 5.41) is 0. The van der Waals surface area contributed by atoms with Gasteiger partial charge in [-0.2, -0.15) is 0 Å². The maximum absolute atomic E-state index is 4.81. The quantitative estimate of drug-likeness (QED) is 0.717. The number of nitrogens with zero attached hydrogens (tertiary/aromatic N) is 4. The number of aryl methyl sites for hydroxylation is 1. The van der Waals surface area contributed by atoms with Gasteiger partial charge in [0.1, 0.15) is 11.5 Å². The fourth-order valence-corrected chi connectivity index (χ4v) is 2.74. The molecule has 0 N–H and O–H groups in total. The van der Waals surface area contributed by atoms with Crippen molar-refractivity contribution in [2.75, 3.05) is 0 Å². The van der Waals surface area contributed by atoms with Crippen LogP contribution in [0.25, 0.3) is 22.5 Å². The van der Waals surface area contributed by atoms with Gasteiger partial charge >= 0.3 is 0 Å². The van der Waals surface area contributed by atoms with Gasteiger partial charge in [0.05, 0.1) is 11.0 Å². The number of aromatic nitrogens is 3. The van der Waals surface area contributed by atoms with Crippen LogP contribution < -0.4 is 0 Å². The molecule has 108 valence electrons. The standard InChI is InChI=1S/C18H16N4/c1-13-8-9-16-15(12-13)21-18(14-6-2-4-10-19-14)22(16)17-7-3-5-11-20-17/h3,5-12H,2,4H2,1H3. The fourth-order valence-electron chi connectivity index (χ4n) is 2.74. The number of allylic oxidation sites excluding steroid dienone is 1. The molecule has 0 radical (unpaired) electrons. The Kier molecular flexibility index (Phi) is 3.07. The number of aliphatic imine (C=N–C) groups is 1. The maximum Gasteiger partial charge on any atom is 0.165 e. The van der Waals surface area contributed by atoms with E-state index in [2.05, 4.69) is 45.7 Å². The van der Waals surface area contributed by atoms with E-state index < -0.39 is 0 Å². The van der Waals surface area contributed by atoms with E-state index in [-0.39, 0.29) is 0 Å². The van der Waals surface area contributed by atoms with Crippen molar-refractivity contribution in [1.82, 2.24) is 14.5 Å². The van der Waals surface area contributed by atoms with Gasteiger partial charge in [0, 0.05) is 12.4 Å². The molecular formula is C18H16N4. The van der Waals surface area contributed by atoms with Crippen molar-refractivity contribution >= 4 is 22.9 Å². The van der Waals surface area contributed by atoms with E-state index in [9.17, 15) is 0 Å². The lowest BCUT2D eigenvalue weighted by Crippen LogP contribution is -2.03. The monoisotopic (exact) mass is 288 g/mol. The van der Waals surface area contributed by atoms with Crippen LogP contribution in [0.1, 0.15) is 24.2 Å². The second kappa shape index (κ2) is 5.22. The Morgan fingerprint density at radius 3 is 2.82 bits per heavy atom. The van der Waals surface area contributed by atoms with Crippen LogP contribution in [0, 0.1) is 6.92 Å². The fraction of sp³-hybridized carbons (Fsp3) is 0.167. The molecule has 0 amide bonds. The highest BCUT2D eigenvalue weighted by molar-refractivity contribution is 5.84. The lowest BCUT2D eigenvalue weighted by atomic mass is 10.2. The van der Waals surface area contributed by atoms with Crippen LogP contribution in [-0.2, 0) is 0 Å². The highest BCUT2D eigenvalue weighted by Gasteiger charge is 2.17. The van der Waals surface area contributed by atoms with E-state index in [0.29, 0.717) is 0 Å². The number of rotatable bonds is 2. The van der Waals surface area contributed by atoms with Crippen LogP contribution in [-0.4, -0.2) is 20.7 Å². The summed E-state index contributed by atoms with van der Waals surface area (Å²) in [5.74, 6) is 1.72. The van der Waals surface area contributed by atoms with Crippen LogP contribution >= 0.6 is 0 Å². The van der Waals surface area contributed by atoms with Gasteiger partial charge in [0.25, 0.3) is 0 Å². The van der Waals surface area contributed by atoms with Crippen molar-refractivity contribution in [3.63, 3.8) is 0 Å². The Morgan fingerprint density at radius 2 is 2.05 bits per heavy atom. The average Bonchev–Trinajstić information content (AvgIpc) is 2.95. The van der Waals surface area contributed by atoms with Crippen molar-refractivity contribution in [3.05, 3.63) is 60.1 Å². The maximum atomic E-state index is 4.81. The first-order chi connectivity index (χ1) is 10.8. The molecular weight excluding hydrogens is 272 g/mol. The number of hydrogen-bond donors (Lipinski definition) is 0. The topological polar surface area (TPSA) is 43.1 Å². The van der Waals surface area contributed by atoms with Crippen molar-refractivity contribution in [2.24, 2.45) is 4.99 Å². The highest BCUT2D eigenvalue weighted by atomic mass is 15.2. The summed E-state index contributed by atoms with van der Waals surface area (Å²) in [6.45, 7) is 2.08. The Labute approximate surface area is 128 Å². The highest BCUT2D eigenvalue weighted by Crippen LogP contribution is 2.27. The van der Waals surface area contributed by atoms with Gasteiger partial charge in [-0.05, 0) is 49.6 Å². The van der Waals surface area contributed by atoms with Crippen LogP contribution in [0.3, 0.4) is 0 Å². The van der Waals surface area contributed by atoms with Gasteiger partial charge < -0.3 is 0 Å². The number of pyridine rings is 1. The summed E-state index contributed by atoms with van der Waals surface area (Å²) >= 11 is 0. The smallest absolute Gasteiger partial charge is 0.165 e. The van der Waals surface area contributed by atoms with Crippen molar-refractivity contribution in [1.29, 1.82) is 0 Å². The SMILES string of the molecule is Cc1ccc2c(c1)nc(C1=CCCC=N1)n2-c1ccccn1. The Bertz CT molecular complexity index is 888. The molecule has 4 nitrogen and oxygen atoms in total. The van der Waals surface area contributed by atoms with E-state index in [1.807, 2.05) is 24.4 Å². The van der Waals surface area contributed by atoms with E-state index in [0.717, 1.165) is 41.2 Å². The molecule has 4 rings (SSSR count). The average molecular weight is 288 g/mol. The number of fused-ring (bicyclic) bond motifs is 1. The van der Waals surface area contributed by atoms with Crippen LogP contribution in [0.5, 0.6) is 0 Å². The first-order valence-electron chi connectivity index (χ1n) is 7.46. The Balaban J connectivity index is 2.02. The zero-order valence-electron chi connectivity index (χ0n) is 12.4. The largest absolute Gasteiger partial charge is 0.275 e. The van der Waals surface area contributed by atoms with Crippen molar-refractivity contribution in [3.8, 4) is 5.82 Å². The molecule has 0 atom stereocenters. The summed E-state index contributed by atoms with van der Waals surface area (Å²) in [4.78, 5) is 13.8. The second-order valence-corrected chi connectivity index (χ2v) is 5.43. The summed E-state index contributed by atoms with van der Waals surface area (Å²) in [5.41, 5.74) is 4.15. The van der Waals surface area contributed by atoms with E-state index >= 15 is 0 Å². The predicted octanol–water partition coefficient (Wildman–Crippen LogP) is 3.93. The van der Waals surface area contributed by atoms with Gasteiger partial charge in [0.2, 0.25) is 0 Å². The van der Waals surface area contributed by atoms with Gasteiger partial charge in [-0.15, -0.1) is 0 Å². The van der Waals surface area contributed by atoms with Gasteiger partial charge in [-0.1, -0.05) is 18.2 Å². The molecule has 0 fully saturated rings. The molecule has 2 aromatic heterocycles. The third kappa shape index (κ3) is 2.13. The number of benzene rings is 1. The first kappa shape index (κ1) is 13.0. The lowest BCUT2D eigenvalue weighted by Gasteiger charge is -2.10. The van der Waals surface area contributed by atoms with Crippen molar-refractivity contribution < 1.29 is 0 Å². The molecule has 1 aliphatic heterocycles. The lowest BCUT2D eigenvalue weighted by molar-refractivity contribution is 0.979. The molecule has 0 bridgehead atoms. The van der Waals surface area contributed by atoms with Crippen molar-refractivity contribution in [2.45, 2.75) is 19.8 Å². The number of imidazole rings is 1. The molecule has 0 saturated carbocycles. The number of hydrogen-bond acceptors (Lipinski definition) is 3. The summed E-state index contributed by atoms with van der Waals surface area (Å²) in [6.07, 6.45) is 7.91. The zero-order valence-corrected chi connectivity index (χ0v) is 12.4. The molecule has 3 aromatic rings. The Hall–Kier alpha value is -2.75. The van der Waals surface area contributed by atoms with E-state index in [1.54, 1.807) is 6.20 Å². The van der Waals surface area contributed by atoms with E-state index in [4.69, 9.17) is 4.98 Å². The van der Waals surface area contributed by atoms with Gasteiger partial charge in [-0.25, -0.2) is 9.97 Å². The minimum atomic E-state index is 0.857. The van der Waals surface area contributed by atoms with Crippen LogP contribution in [0.15, 0.2) is 53.7 Å². The Morgan fingerprint density at radius 1 is 1.09 bits per heavy atom. The van der Waals surface area contributed by atoms with Crippen LogP contribution in [0.2, 0.25) is 0 Å². The molecule has 0 aliphatic carbocycles. The molecule has 3 heterocycles. The molecule has 0 unspecified atom stereocenters. The van der Waals surface area contributed by atoms with Crippen LogP contribution in [0.4, 0.5) is 0 Å². The second-order valence-electron chi connectivity index (χ2n) is 5.43. The molecule has 1 aliphatic rings. The normalized spacial score (nSPS) is 14.3. The molecule has 4 heteroatoms. The predicted molar refractivity (Wildman–Crippen MR) is 89.3 cm³/mol.